The molecule has 0 aliphatic carbocycles. The van der Waals surface area contributed by atoms with E-state index >= 15 is 0 Å². The van der Waals surface area contributed by atoms with Gasteiger partial charge in [-0.2, -0.15) is 0 Å². The number of phenolic OH excluding ortho intramolecular Hbond substituents is 1. The third kappa shape index (κ3) is 8.83. The molecule has 0 aliphatic rings. The molecule has 5 heteroatoms. The number of pyridine rings is 1. The molecule has 67 heavy (non-hydrogen) atoms. The largest absolute Gasteiger partial charge is 0.507 e. The molecule has 10 rings (SSSR count). The summed E-state index contributed by atoms with van der Waals surface area (Å²) in [5.74, 6) is 0.579. The molecule has 1 N–H and O–H groups in total. The Bertz CT molecular complexity index is 3540. The Labute approximate surface area is 413 Å². The molecule has 0 bridgehead atoms. The van der Waals surface area contributed by atoms with E-state index in [0.717, 1.165) is 78.0 Å². The van der Waals surface area contributed by atoms with Crippen molar-refractivity contribution in [1.82, 2.24) is 14.5 Å². The van der Waals surface area contributed by atoms with Crippen LogP contribution in [0.25, 0.3) is 95.0 Å². The number of rotatable bonds is 8. The normalized spacial score (nSPS) is 12.3. The van der Waals surface area contributed by atoms with Gasteiger partial charge in [0.1, 0.15) is 11.6 Å². The fourth-order valence-electron chi connectivity index (χ4n) is 9.04. The van der Waals surface area contributed by atoms with E-state index in [9.17, 15) is 5.11 Å². The fraction of sp³-hybridized carbons (Fsp3) is 0.129. The molecule has 0 amide bonds. The third-order valence-electron chi connectivity index (χ3n) is 12.6. The van der Waals surface area contributed by atoms with Gasteiger partial charge in [-0.15, -0.1) is 23.8 Å². The smallest absolute Gasteiger partial charge is 0.148 e. The summed E-state index contributed by atoms with van der Waals surface area (Å²) in [6.07, 6.45) is 1.85. The van der Waals surface area contributed by atoms with Crippen LogP contribution >= 0.6 is 0 Å². The zero-order valence-corrected chi connectivity index (χ0v) is 40.7. The summed E-state index contributed by atoms with van der Waals surface area (Å²) in [6, 6.07) is 63.1. The fourth-order valence-corrected chi connectivity index (χ4v) is 9.04. The molecular formula is C62H52N3OPt-. The molecule has 0 spiro atoms. The van der Waals surface area contributed by atoms with Gasteiger partial charge in [0.05, 0.1) is 22.3 Å². The summed E-state index contributed by atoms with van der Waals surface area (Å²) in [4.78, 5) is 10.4. The van der Waals surface area contributed by atoms with Crippen LogP contribution in [0.1, 0.15) is 52.7 Å². The van der Waals surface area contributed by atoms with Gasteiger partial charge in [0.25, 0.3) is 0 Å². The molecule has 8 aromatic carbocycles. The van der Waals surface area contributed by atoms with Crippen LogP contribution in [0.3, 0.4) is 0 Å². The average Bonchev–Trinajstić information content (AvgIpc) is 3.74. The number of aromatic nitrogens is 3. The first-order valence-electron chi connectivity index (χ1n) is 23.9. The SMILES string of the molecule is [2H]C([2H])([2H])c1cc(-n2c(-c3cc(C)cc(C)c3O)nc3c(-c4[c-]c(-c5cc(-c6ccc(C)cc6)ccn5)cc(-c5ccccc5)c4)cccc32)c(-c2ccccc2)cc1-c1ccc(C(C)(C)C)cc1.[Pt]. The molecule has 4 nitrogen and oxygen atoms in total. The molecule has 0 unspecified atom stereocenters. The Morgan fingerprint density at radius 1 is 0.537 bits per heavy atom. The average molecular weight is 1050 g/mol. The molecular weight excluding hydrogens is 998 g/mol. The van der Waals surface area contributed by atoms with Gasteiger partial charge in [0, 0.05) is 42.6 Å². The molecule has 0 atom stereocenters. The molecule has 0 fully saturated rings. The zero-order chi connectivity index (χ0) is 48.2. The number of imidazole rings is 1. The molecule has 10 aromatic rings. The van der Waals surface area contributed by atoms with Gasteiger partial charge < -0.3 is 5.11 Å². The van der Waals surface area contributed by atoms with E-state index in [1.807, 2.05) is 128 Å². The van der Waals surface area contributed by atoms with E-state index in [1.54, 1.807) is 0 Å². The van der Waals surface area contributed by atoms with Gasteiger partial charge in [0.2, 0.25) is 0 Å². The first-order chi connectivity index (χ1) is 33.1. The van der Waals surface area contributed by atoms with E-state index in [4.69, 9.17) is 14.1 Å². The third-order valence-corrected chi connectivity index (χ3v) is 12.6. The number of fused-ring (bicyclic) bond motifs is 1. The van der Waals surface area contributed by atoms with E-state index in [2.05, 4.69) is 107 Å². The summed E-state index contributed by atoms with van der Waals surface area (Å²) in [5, 5.41) is 12.0. The van der Waals surface area contributed by atoms with Crippen molar-refractivity contribution in [3.05, 3.63) is 216 Å². The van der Waals surface area contributed by atoms with E-state index < -0.39 is 6.85 Å². The van der Waals surface area contributed by atoms with Gasteiger partial charge in [-0.1, -0.05) is 176 Å². The minimum atomic E-state index is -2.49. The Morgan fingerprint density at radius 2 is 1.19 bits per heavy atom. The number of aryl methyl sites for hydroxylation is 4. The zero-order valence-electron chi connectivity index (χ0n) is 41.4. The van der Waals surface area contributed by atoms with Gasteiger partial charge in [-0.05, 0) is 119 Å². The van der Waals surface area contributed by atoms with E-state index in [0.29, 0.717) is 33.7 Å². The maximum Gasteiger partial charge on any atom is 0.148 e. The number of phenols is 1. The van der Waals surface area contributed by atoms with E-state index in [-0.39, 0.29) is 37.8 Å². The van der Waals surface area contributed by atoms with Crippen LogP contribution in [-0.4, -0.2) is 19.6 Å². The number of para-hydroxylation sites is 1. The molecule has 0 radical (unpaired) electrons. The minimum Gasteiger partial charge on any atom is -0.507 e. The maximum absolute atomic E-state index is 12.0. The molecule has 0 aliphatic heterocycles. The molecule has 332 valence electrons. The van der Waals surface area contributed by atoms with Gasteiger partial charge in [-0.25, -0.2) is 4.98 Å². The van der Waals surface area contributed by atoms with E-state index in [1.165, 1.54) is 5.56 Å². The summed E-state index contributed by atoms with van der Waals surface area (Å²) in [7, 11) is 0. The summed E-state index contributed by atoms with van der Waals surface area (Å²) in [6.45, 7) is 10.0. The summed E-state index contributed by atoms with van der Waals surface area (Å²) >= 11 is 0. The molecule has 0 saturated carbocycles. The van der Waals surface area contributed by atoms with Crippen LogP contribution in [0.4, 0.5) is 0 Å². The van der Waals surface area contributed by atoms with Crippen molar-refractivity contribution in [1.29, 1.82) is 0 Å². The maximum atomic E-state index is 12.0. The van der Waals surface area contributed by atoms with Crippen LogP contribution in [0.15, 0.2) is 182 Å². The predicted molar refractivity (Wildman–Crippen MR) is 275 cm³/mol. The Morgan fingerprint density at radius 3 is 1.90 bits per heavy atom. The van der Waals surface area contributed by atoms with Crippen molar-refractivity contribution in [2.75, 3.05) is 0 Å². The number of hydrogen-bond acceptors (Lipinski definition) is 3. The second-order valence-electron chi connectivity index (χ2n) is 18.4. The number of nitrogens with zero attached hydrogens (tertiary/aromatic N) is 3. The quantitative estimate of drug-likeness (QED) is 0.154. The first kappa shape index (κ1) is 41.3. The Balaban J connectivity index is 0.00000608. The second kappa shape index (κ2) is 18.3. The molecule has 2 heterocycles. The molecule has 0 saturated heterocycles. The standard InChI is InChI=1S/C62H52N3O.Pt/c1-39-21-23-44(24-22-39)47-29-30-63-56(37-47)50-35-48(43-15-10-8-11-16-43)34-49(36-50)52-19-14-20-57-59(52)64-61(55-32-40(2)31-42(4)60(55)66)65(57)58-33-41(3)53(38-54(58)45-17-12-9-13-18-45)46-25-27-51(28-26-46)62(5,6)7;/h8-35,37-38,66H,1-7H3;/q-1;/i3D3;. The van der Waals surface area contributed by atoms with Crippen molar-refractivity contribution >= 4 is 11.0 Å². The van der Waals surface area contributed by atoms with Crippen LogP contribution in [0.5, 0.6) is 5.75 Å². The Hall–Kier alpha value is -7.13. The second-order valence-corrected chi connectivity index (χ2v) is 18.4. The number of aromatic hydroxyl groups is 1. The van der Waals surface area contributed by atoms with Gasteiger partial charge in [-0.3, -0.25) is 9.55 Å². The number of hydrogen-bond donors (Lipinski definition) is 1. The Kier molecular flexibility index (Phi) is 11.3. The van der Waals surface area contributed by atoms with Gasteiger partial charge >= 0.3 is 0 Å². The van der Waals surface area contributed by atoms with Crippen molar-refractivity contribution < 1.29 is 30.3 Å². The van der Waals surface area contributed by atoms with Crippen molar-refractivity contribution in [3.8, 4) is 89.7 Å². The monoisotopic (exact) mass is 1050 g/mol. The van der Waals surface area contributed by atoms with Crippen LogP contribution in [-0.2, 0) is 26.5 Å². The van der Waals surface area contributed by atoms with Crippen LogP contribution in [0.2, 0.25) is 0 Å². The topological polar surface area (TPSA) is 50.9 Å². The summed E-state index contributed by atoms with van der Waals surface area (Å²) < 4.78 is 29.1. The van der Waals surface area contributed by atoms with Crippen molar-refractivity contribution in [3.63, 3.8) is 0 Å². The first-order valence-corrected chi connectivity index (χ1v) is 22.4. The minimum absolute atomic E-state index is 0. The van der Waals surface area contributed by atoms with Crippen molar-refractivity contribution in [2.45, 2.75) is 53.8 Å². The van der Waals surface area contributed by atoms with Crippen LogP contribution < -0.4 is 0 Å². The van der Waals surface area contributed by atoms with Gasteiger partial charge in [0.15, 0.2) is 0 Å². The number of benzene rings is 8. The predicted octanol–water partition coefficient (Wildman–Crippen LogP) is 16.1. The van der Waals surface area contributed by atoms with Crippen molar-refractivity contribution in [2.24, 2.45) is 0 Å². The summed E-state index contributed by atoms with van der Waals surface area (Å²) in [5.41, 5.74) is 17.3. The van der Waals surface area contributed by atoms with Crippen LogP contribution in [0, 0.1) is 33.7 Å². The molecule has 2 aromatic heterocycles.